The average Bonchev–Trinajstić information content (AvgIpc) is 2.62. The molecule has 26 heavy (non-hydrogen) atoms. The zero-order chi connectivity index (χ0) is 18.9. The summed E-state index contributed by atoms with van der Waals surface area (Å²) in [4.78, 5) is 23.6. The second kappa shape index (κ2) is 9.46. The van der Waals surface area contributed by atoms with Crippen molar-refractivity contribution in [2.24, 2.45) is 0 Å². The minimum atomic E-state index is -0.415. The van der Waals surface area contributed by atoms with Crippen molar-refractivity contribution in [3.8, 4) is 11.5 Å². The van der Waals surface area contributed by atoms with Crippen LogP contribution in [0.5, 0.6) is 11.5 Å². The minimum absolute atomic E-state index is 0.165. The molecule has 0 aliphatic carbocycles. The summed E-state index contributed by atoms with van der Waals surface area (Å²) >= 11 is 0. The fraction of sp³-hybridized carbons (Fsp3) is 0.300. The molecule has 0 radical (unpaired) electrons. The number of amides is 2. The maximum Gasteiger partial charge on any atom is 0.276 e. The summed E-state index contributed by atoms with van der Waals surface area (Å²) < 4.78 is 10.5. The number of carbonyl (C=O) groups is 2. The van der Waals surface area contributed by atoms with Gasteiger partial charge >= 0.3 is 0 Å². The van der Waals surface area contributed by atoms with Crippen LogP contribution in [0.15, 0.2) is 42.5 Å². The molecule has 2 aromatic carbocycles. The van der Waals surface area contributed by atoms with Gasteiger partial charge in [-0.15, -0.1) is 0 Å². The number of rotatable bonds is 7. The number of hydrogen-bond acceptors (Lipinski definition) is 4. The third-order valence-corrected chi connectivity index (χ3v) is 3.71. The standard InChI is InChI=1S/C20H24N2O4/c1-14-10-15(2)12-18(11-14)26-13-20(24)22-21-19(23)9-6-16-4-7-17(25-3)8-5-16/h4-5,7-8,10-12H,6,9,13H2,1-3H3,(H,21,23)(H,22,24). The molecular formula is C20H24N2O4. The van der Waals surface area contributed by atoms with Crippen molar-refractivity contribution in [1.29, 1.82) is 0 Å². The number of ether oxygens (including phenoxy) is 2. The number of carbonyl (C=O) groups excluding carboxylic acids is 2. The van der Waals surface area contributed by atoms with E-state index in [9.17, 15) is 9.59 Å². The molecule has 0 saturated heterocycles. The average molecular weight is 356 g/mol. The van der Waals surface area contributed by atoms with E-state index < -0.39 is 5.91 Å². The Morgan fingerprint density at radius 2 is 1.50 bits per heavy atom. The maximum absolute atomic E-state index is 11.8. The van der Waals surface area contributed by atoms with Gasteiger partial charge in [0.2, 0.25) is 5.91 Å². The molecule has 6 heteroatoms. The summed E-state index contributed by atoms with van der Waals surface area (Å²) in [5.74, 6) is 0.722. The SMILES string of the molecule is COc1ccc(CCC(=O)NNC(=O)COc2cc(C)cc(C)c2)cc1. The van der Waals surface area contributed by atoms with E-state index in [4.69, 9.17) is 9.47 Å². The van der Waals surface area contributed by atoms with Gasteiger partial charge in [-0.05, 0) is 61.2 Å². The van der Waals surface area contributed by atoms with Crippen LogP contribution in [-0.4, -0.2) is 25.5 Å². The van der Waals surface area contributed by atoms with Gasteiger partial charge in [-0.3, -0.25) is 20.4 Å². The molecule has 0 bridgehead atoms. The molecule has 0 aliphatic heterocycles. The van der Waals surface area contributed by atoms with Crippen LogP contribution in [0.2, 0.25) is 0 Å². The van der Waals surface area contributed by atoms with Crippen molar-refractivity contribution in [1.82, 2.24) is 10.9 Å². The van der Waals surface area contributed by atoms with Crippen LogP contribution in [0.1, 0.15) is 23.1 Å². The van der Waals surface area contributed by atoms with E-state index in [0.29, 0.717) is 12.2 Å². The second-order valence-corrected chi connectivity index (χ2v) is 6.06. The maximum atomic E-state index is 11.8. The summed E-state index contributed by atoms with van der Waals surface area (Å²) in [6.07, 6.45) is 0.843. The van der Waals surface area contributed by atoms with Gasteiger partial charge in [-0.25, -0.2) is 0 Å². The van der Waals surface area contributed by atoms with Crippen LogP contribution >= 0.6 is 0 Å². The van der Waals surface area contributed by atoms with E-state index in [-0.39, 0.29) is 18.9 Å². The van der Waals surface area contributed by atoms with Crippen LogP contribution in [-0.2, 0) is 16.0 Å². The largest absolute Gasteiger partial charge is 0.497 e. The lowest BCUT2D eigenvalue weighted by Crippen LogP contribution is -2.43. The van der Waals surface area contributed by atoms with Gasteiger partial charge in [0, 0.05) is 6.42 Å². The third-order valence-electron chi connectivity index (χ3n) is 3.71. The van der Waals surface area contributed by atoms with Crippen LogP contribution in [0.25, 0.3) is 0 Å². The molecule has 0 unspecified atom stereocenters. The Kier molecular flexibility index (Phi) is 7.02. The fourth-order valence-corrected chi connectivity index (χ4v) is 2.45. The zero-order valence-electron chi connectivity index (χ0n) is 15.3. The monoisotopic (exact) mass is 356 g/mol. The molecule has 0 heterocycles. The van der Waals surface area contributed by atoms with Gasteiger partial charge in [0.25, 0.3) is 5.91 Å². The zero-order valence-corrected chi connectivity index (χ0v) is 15.3. The van der Waals surface area contributed by atoms with Crippen molar-refractivity contribution in [3.63, 3.8) is 0 Å². The van der Waals surface area contributed by atoms with Crippen molar-refractivity contribution in [3.05, 3.63) is 59.2 Å². The minimum Gasteiger partial charge on any atom is -0.497 e. The Bertz CT molecular complexity index is 737. The Labute approximate surface area is 153 Å². The summed E-state index contributed by atoms with van der Waals surface area (Å²) in [5, 5.41) is 0. The highest BCUT2D eigenvalue weighted by atomic mass is 16.5. The van der Waals surface area contributed by atoms with E-state index in [0.717, 1.165) is 22.4 Å². The number of hydrogen-bond donors (Lipinski definition) is 2. The molecule has 2 N–H and O–H groups in total. The summed E-state index contributed by atoms with van der Waals surface area (Å²) in [6.45, 7) is 3.76. The predicted octanol–water partition coefficient (Wildman–Crippen LogP) is 2.47. The van der Waals surface area contributed by atoms with E-state index in [1.54, 1.807) is 7.11 Å². The fourth-order valence-electron chi connectivity index (χ4n) is 2.45. The first-order chi connectivity index (χ1) is 12.5. The number of hydrazine groups is 1. The number of aryl methyl sites for hydroxylation is 3. The summed E-state index contributed by atoms with van der Waals surface area (Å²) in [6, 6.07) is 13.2. The highest BCUT2D eigenvalue weighted by molar-refractivity contribution is 5.82. The summed E-state index contributed by atoms with van der Waals surface area (Å²) in [5.41, 5.74) is 7.89. The molecule has 0 atom stereocenters. The molecule has 2 aromatic rings. The van der Waals surface area contributed by atoms with Crippen LogP contribution in [0, 0.1) is 13.8 Å². The van der Waals surface area contributed by atoms with Gasteiger partial charge in [0.1, 0.15) is 11.5 Å². The molecule has 0 saturated carbocycles. The quantitative estimate of drug-likeness (QED) is 0.747. The first kappa shape index (κ1) is 19.3. The molecule has 2 amide bonds. The summed E-state index contributed by atoms with van der Waals surface area (Å²) in [7, 11) is 1.61. The van der Waals surface area contributed by atoms with Crippen molar-refractivity contribution in [2.75, 3.05) is 13.7 Å². The Morgan fingerprint density at radius 3 is 2.12 bits per heavy atom. The number of methoxy groups -OCH3 is 1. The van der Waals surface area contributed by atoms with Crippen molar-refractivity contribution >= 4 is 11.8 Å². The van der Waals surface area contributed by atoms with Crippen LogP contribution in [0.4, 0.5) is 0 Å². The first-order valence-electron chi connectivity index (χ1n) is 8.38. The predicted molar refractivity (Wildman–Crippen MR) is 99.0 cm³/mol. The molecule has 0 aromatic heterocycles. The Hall–Kier alpha value is -3.02. The lowest BCUT2D eigenvalue weighted by Gasteiger charge is -2.10. The van der Waals surface area contributed by atoms with E-state index in [1.165, 1.54) is 0 Å². The molecule has 0 fully saturated rings. The van der Waals surface area contributed by atoms with Gasteiger partial charge < -0.3 is 9.47 Å². The highest BCUT2D eigenvalue weighted by Gasteiger charge is 2.07. The first-order valence-corrected chi connectivity index (χ1v) is 8.38. The topological polar surface area (TPSA) is 76.7 Å². The van der Waals surface area contributed by atoms with Crippen molar-refractivity contribution in [2.45, 2.75) is 26.7 Å². The van der Waals surface area contributed by atoms with Gasteiger partial charge in [-0.1, -0.05) is 18.2 Å². The highest BCUT2D eigenvalue weighted by Crippen LogP contribution is 2.16. The molecule has 138 valence electrons. The number of benzene rings is 2. The van der Waals surface area contributed by atoms with Crippen molar-refractivity contribution < 1.29 is 19.1 Å². The molecule has 6 nitrogen and oxygen atoms in total. The second-order valence-electron chi connectivity index (χ2n) is 6.06. The van der Waals surface area contributed by atoms with Crippen LogP contribution < -0.4 is 20.3 Å². The van der Waals surface area contributed by atoms with Gasteiger partial charge in [0.05, 0.1) is 7.11 Å². The molecular weight excluding hydrogens is 332 g/mol. The van der Waals surface area contributed by atoms with Gasteiger partial charge in [-0.2, -0.15) is 0 Å². The molecule has 0 spiro atoms. The molecule has 2 rings (SSSR count). The normalized spacial score (nSPS) is 10.1. The Balaban J connectivity index is 1.68. The van der Waals surface area contributed by atoms with E-state index in [1.807, 2.05) is 56.3 Å². The van der Waals surface area contributed by atoms with Gasteiger partial charge in [0.15, 0.2) is 6.61 Å². The van der Waals surface area contributed by atoms with E-state index >= 15 is 0 Å². The van der Waals surface area contributed by atoms with E-state index in [2.05, 4.69) is 10.9 Å². The number of nitrogens with one attached hydrogen (secondary N) is 2. The third kappa shape index (κ3) is 6.47. The smallest absolute Gasteiger partial charge is 0.276 e. The Morgan fingerprint density at radius 1 is 0.885 bits per heavy atom. The lowest BCUT2D eigenvalue weighted by molar-refractivity contribution is -0.130. The molecule has 0 aliphatic rings. The lowest BCUT2D eigenvalue weighted by atomic mass is 10.1. The van der Waals surface area contributed by atoms with Crippen LogP contribution in [0.3, 0.4) is 0 Å².